The fourth-order valence-corrected chi connectivity index (χ4v) is 1.53. The van der Waals surface area contributed by atoms with Crippen molar-refractivity contribution >= 4 is 6.21 Å². The van der Waals surface area contributed by atoms with Gasteiger partial charge in [-0.3, -0.25) is 4.99 Å². The number of aliphatic imine (C=N–C) groups is 1. The maximum absolute atomic E-state index is 5.42. The lowest BCUT2D eigenvalue weighted by Gasteiger charge is -2.04. The largest absolute Gasteiger partial charge is 0.460 e. The zero-order chi connectivity index (χ0) is 11.4. The van der Waals surface area contributed by atoms with Gasteiger partial charge in [0.1, 0.15) is 11.5 Å². The van der Waals surface area contributed by atoms with Crippen molar-refractivity contribution < 1.29 is 4.42 Å². The number of furan rings is 1. The summed E-state index contributed by atoms with van der Waals surface area (Å²) in [5, 5.41) is 0. The Morgan fingerprint density at radius 3 is 2.50 bits per heavy atom. The van der Waals surface area contributed by atoms with Gasteiger partial charge in [-0.2, -0.15) is 0 Å². The van der Waals surface area contributed by atoms with E-state index in [0.29, 0.717) is 0 Å². The Bertz CT molecular complexity index is 470. The molecule has 0 saturated carbocycles. The second-order valence-electron chi connectivity index (χ2n) is 3.81. The number of aryl methyl sites for hydroxylation is 1. The van der Waals surface area contributed by atoms with Crippen molar-refractivity contribution in [2.45, 2.75) is 19.9 Å². The third-order valence-electron chi connectivity index (χ3n) is 2.47. The van der Waals surface area contributed by atoms with Crippen molar-refractivity contribution in [3.05, 3.63) is 59.5 Å². The first-order chi connectivity index (χ1) is 7.75. The Balaban J connectivity index is 2.08. The molecule has 0 radical (unpaired) electrons. The zero-order valence-electron chi connectivity index (χ0n) is 9.55. The van der Waals surface area contributed by atoms with E-state index in [1.165, 1.54) is 5.56 Å². The van der Waals surface area contributed by atoms with Gasteiger partial charge in [-0.1, -0.05) is 30.3 Å². The molecule has 1 atom stereocenters. The van der Waals surface area contributed by atoms with E-state index in [-0.39, 0.29) is 6.04 Å². The van der Waals surface area contributed by atoms with Crippen molar-refractivity contribution in [2.24, 2.45) is 4.99 Å². The van der Waals surface area contributed by atoms with Crippen molar-refractivity contribution in [3.63, 3.8) is 0 Å². The van der Waals surface area contributed by atoms with E-state index in [0.717, 1.165) is 11.5 Å². The lowest BCUT2D eigenvalue weighted by molar-refractivity contribution is 0.527. The Hall–Kier alpha value is -1.83. The SMILES string of the molecule is Cc1ccc(C=N[C@@H](C)c2ccccc2)o1. The van der Waals surface area contributed by atoms with Crippen molar-refractivity contribution in [3.8, 4) is 0 Å². The molecule has 0 aliphatic rings. The van der Waals surface area contributed by atoms with Crippen molar-refractivity contribution in [2.75, 3.05) is 0 Å². The van der Waals surface area contributed by atoms with Crippen LogP contribution in [-0.2, 0) is 0 Å². The summed E-state index contributed by atoms with van der Waals surface area (Å²) in [7, 11) is 0. The van der Waals surface area contributed by atoms with Crippen LogP contribution in [0.5, 0.6) is 0 Å². The predicted molar refractivity (Wildman–Crippen MR) is 65.9 cm³/mol. The van der Waals surface area contributed by atoms with Crippen molar-refractivity contribution in [1.82, 2.24) is 0 Å². The Morgan fingerprint density at radius 2 is 1.88 bits per heavy atom. The van der Waals surface area contributed by atoms with Gasteiger partial charge >= 0.3 is 0 Å². The highest BCUT2D eigenvalue weighted by atomic mass is 16.3. The summed E-state index contributed by atoms with van der Waals surface area (Å²) >= 11 is 0. The van der Waals surface area contributed by atoms with E-state index in [2.05, 4.69) is 24.0 Å². The molecule has 2 rings (SSSR count). The summed E-state index contributed by atoms with van der Waals surface area (Å²) < 4.78 is 5.42. The van der Waals surface area contributed by atoms with Crippen molar-refractivity contribution in [1.29, 1.82) is 0 Å². The molecule has 16 heavy (non-hydrogen) atoms. The van der Waals surface area contributed by atoms with Crippen LogP contribution in [-0.4, -0.2) is 6.21 Å². The average Bonchev–Trinajstić information content (AvgIpc) is 2.73. The van der Waals surface area contributed by atoms with E-state index < -0.39 is 0 Å². The quantitative estimate of drug-likeness (QED) is 0.712. The molecule has 0 fully saturated rings. The molecule has 2 nitrogen and oxygen atoms in total. The molecule has 0 bridgehead atoms. The lowest BCUT2D eigenvalue weighted by Crippen LogP contribution is -1.89. The summed E-state index contributed by atoms with van der Waals surface area (Å²) in [5.74, 6) is 1.72. The van der Waals surface area contributed by atoms with Gasteiger partial charge in [-0.05, 0) is 31.5 Å². The Kier molecular flexibility index (Phi) is 3.20. The molecule has 0 aliphatic heterocycles. The molecule has 0 amide bonds. The molecule has 0 N–H and O–H groups in total. The summed E-state index contributed by atoms with van der Waals surface area (Å²) in [6.45, 7) is 4.00. The smallest absolute Gasteiger partial charge is 0.144 e. The van der Waals surface area contributed by atoms with Crippen LogP contribution in [0, 0.1) is 6.92 Å². The molecule has 0 unspecified atom stereocenters. The monoisotopic (exact) mass is 213 g/mol. The van der Waals surface area contributed by atoms with Crippen LogP contribution in [0.4, 0.5) is 0 Å². The van der Waals surface area contributed by atoms with E-state index >= 15 is 0 Å². The molecule has 1 heterocycles. The van der Waals surface area contributed by atoms with Crippen LogP contribution < -0.4 is 0 Å². The van der Waals surface area contributed by atoms with Crippen LogP contribution in [0.15, 0.2) is 51.9 Å². The van der Waals surface area contributed by atoms with Gasteiger partial charge in [0.05, 0.1) is 12.3 Å². The summed E-state index contributed by atoms with van der Waals surface area (Å²) in [6, 6.07) is 14.2. The summed E-state index contributed by atoms with van der Waals surface area (Å²) in [5.41, 5.74) is 1.21. The Morgan fingerprint density at radius 1 is 1.12 bits per heavy atom. The third-order valence-corrected chi connectivity index (χ3v) is 2.47. The highest BCUT2D eigenvalue weighted by Gasteiger charge is 2.01. The number of nitrogens with zero attached hydrogens (tertiary/aromatic N) is 1. The number of rotatable bonds is 3. The molecule has 0 aliphatic carbocycles. The zero-order valence-corrected chi connectivity index (χ0v) is 9.55. The minimum atomic E-state index is 0.159. The predicted octanol–water partition coefficient (Wildman–Crippen LogP) is 3.77. The van der Waals surface area contributed by atoms with E-state index in [1.807, 2.05) is 37.3 Å². The number of hydrogen-bond acceptors (Lipinski definition) is 2. The third kappa shape index (κ3) is 2.60. The van der Waals surface area contributed by atoms with E-state index in [9.17, 15) is 0 Å². The van der Waals surface area contributed by atoms with Gasteiger partial charge in [0.2, 0.25) is 0 Å². The second-order valence-corrected chi connectivity index (χ2v) is 3.81. The molecule has 82 valence electrons. The van der Waals surface area contributed by atoms with E-state index in [4.69, 9.17) is 4.42 Å². The lowest BCUT2D eigenvalue weighted by atomic mass is 10.1. The minimum Gasteiger partial charge on any atom is -0.460 e. The first-order valence-corrected chi connectivity index (χ1v) is 5.40. The average molecular weight is 213 g/mol. The summed E-state index contributed by atoms with van der Waals surface area (Å²) in [4.78, 5) is 4.46. The first-order valence-electron chi connectivity index (χ1n) is 5.40. The molecule has 1 aromatic heterocycles. The molecular weight excluding hydrogens is 198 g/mol. The van der Waals surface area contributed by atoms with Gasteiger partial charge in [0.25, 0.3) is 0 Å². The van der Waals surface area contributed by atoms with Crippen LogP contribution >= 0.6 is 0 Å². The summed E-state index contributed by atoms with van der Waals surface area (Å²) in [6.07, 6.45) is 1.78. The molecule has 2 aromatic rings. The normalized spacial score (nSPS) is 13.1. The van der Waals surface area contributed by atoms with Gasteiger partial charge in [-0.25, -0.2) is 0 Å². The molecular formula is C14H15NO. The second kappa shape index (κ2) is 4.79. The maximum Gasteiger partial charge on any atom is 0.144 e. The van der Waals surface area contributed by atoms with Crippen LogP contribution in [0.3, 0.4) is 0 Å². The molecule has 2 heteroatoms. The molecule has 0 spiro atoms. The fourth-order valence-electron chi connectivity index (χ4n) is 1.53. The first kappa shape index (κ1) is 10.7. The van der Waals surface area contributed by atoms with Gasteiger partial charge in [0, 0.05) is 0 Å². The van der Waals surface area contributed by atoms with Gasteiger partial charge < -0.3 is 4.42 Å². The molecule has 0 saturated heterocycles. The molecule has 1 aromatic carbocycles. The standard InChI is InChI=1S/C14H15NO/c1-11-8-9-14(16-11)10-15-12(2)13-6-4-3-5-7-13/h3-10,12H,1-2H3/t12-/m0/s1. The Labute approximate surface area is 95.6 Å². The topological polar surface area (TPSA) is 25.5 Å². The van der Waals surface area contributed by atoms with E-state index in [1.54, 1.807) is 6.21 Å². The van der Waals surface area contributed by atoms with Gasteiger partial charge in [0.15, 0.2) is 0 Å². The van der Waals surface area contributed by atoms with Crippen LogP contribution in [0.2, 0.25) is 0 Å². The fraction of sp³-hybridized carbons (Fsp3) is 0.214. The maximum atomic E-state index is 5.42. The van der Waals surface area contributed by atoms with Crippen LogP contribution in [0.1, 0.15) is 30.0 Å². The minimum absolute atomic E-state index is 0.159. The number of hydrogen-bond donors (Lipinski definition) is 0. The highest BCUT2D eigenvalue weighted by molar-refractivity contribution is 5.76. The van der Waals surface area contributed by atoms with Gasteiger partial charge in [-0.15, -0.1) is 0 Å². The van der Waals surface area contributed by atoms with Crippen LogP contribution in [0.25, 0.3) is 0 Å². The number of benzene rings is 1. The highest BCUT2D eigenvalue weighted by Crippen LogP contribution is 2.15.